The van der Waals surface area contributed by atoms with Gasteiger partial charge in [0, 0.05) is 22.6 Å². The summed E-state index contributed by atoms with van der Waals surface area (Å²) in [5.41, 5.74) is 2.03. The second kappa shape index (κ2) is 7.25. The van der Waals surface area contributed by atoms with Gasteiger partial charge in [0.1, 0.15) is 22.7 Å². The van der Waals surface area contributed by atoms with E-state index < -0.39 is 0 Å². The molecule has 0 atom stereocenters. The minimum Gasteiger partial charge on any atom is -0.496 e. The summed E-state index contributed by atoms with van der Waals surface area (Å²) in [7, 11) is 1.52. The van der Waals surface area contributed by atoms with E-state index in [0.29, 0.717) is 38.9 Å². The minimum atomic E-state index is -0.349. The topological polar surface area (TPSA) is 63.0 Å². The Balaban J connectivity index is 2.31. The molecule has 0 saturated carbocycles. The molecule has 0 fully saturated rings. The summed E-state index contributed by atoms with van der Waals surface area (Å²) < 4.78 is 18.6. The highest BCUT2D eigenvalue weighted by Gasteiger charge is 2.14. The van der Waals surface area contributed by atoms with Gasteiger partial charge in [-0.3, -0.25) is 4.79 Å². The number of thioether (sulfide) groups is 1. The van der Waals surface area contributed by atoms with Crippen LogP contribution in [0.25, 0.3) is 0 Å². The lowest BCUT2D eigenvalue weighted by molar-refractivity contribution is 0.101. The highest BCUT2D eigenvalue weighted by molar-refractivity contribution is 7.98. The summed E-state index contributed by atoms with van der Waals surface area (Å²) >= 11 is 1.31. The molecule has 0 unspecified atom stereocenters. The molecule has 6 heteroatoms. The van der Waals surface area contributed by atoms with Crippen molar-refractivity contribution in [1.82, 2.24) is 4.98 Å². The smallest absolute Gasteiger partial charge is 0.161 e. The molecule has 0 N–H and O–H groups in total. The SMILES string of the molecule is COc1ccc(F)cc1CSc1nc(C)c(C(C)=O)cc1C#N. The molecule has 0 saturated heterocycles. The fourth-order valence-electron chi connectivity index (χ4n) is 2.14. The molecule has 1 aromatic heterocycles. The van der Waals surface area contributed by atoms with Gasteiger partial charge in [-0.2, -0.15) is 5.26 Å². The zero-order chi connectivity index (χ0) is 17.0. The van der Waals surface area contributed by atoms with Crippen LogP contribution in [0.2, 0.25) is 0 Å². The van der Waals surface area contributed by atoms with Gasteiger partial charge in [0.2, 0.25) is 0 Å². The van der Waals surface area contributed by atoms with Gasteiger partial charge in [0.05, 0.1) is 12.7 Å². The van der Waals surface area contributed by atoms with Gasteiger partial charge in [-0.15, -0.1) is 11.8 Å². The summed E-state index contributed by atoms with van der Waals surface area (Å²) in [5.74, 6) is 0.504. The first kappa shape index (κ1) is 17.0. The van der Waals surface area contributed by atoms with E-state index in [-0.39, 0.29) is 11.6 Å². The lowest BCUT2D eigenvalue weighted by Crippen LogP contribution is -2.02. The van der Waals surface area contributed by atoms with Gasteiger partial charge in [0.25, 0.3) is 0 Å². The number of carbonyl (C=O) groups is 1. The summed E-state index contributed by atoms with van der Waals surface area (Å²) in [6.45, 7) is 3.17. The molecule has 0 spiro atoms. The van der Waals surface area contributed by atoms with Crippen molar-refractivity contribution in [3.05, 3.63) is 52.5 Å². The summed E-state index contributed by atoms with van der Waals surface area (Å²) in [4.78, 5) is 15.9. The number of ether oxygens (including phenoxy) is 1. The van der Waals surface area contributed by atoms with E-state index in [2.05, 4.69) is 11.1 Å². The van der Waals surface area contributed by atoms with Gasteiger partial charge in [-0.05, 0) is 38.1 Å². The van der Waals surface area contributed by atoms with Crippen LogP contribution in [0.5, 0.6) is 5.75 Å². The molecule has 0 aliphatic rings. The lowest BCUT2D eigenvalue weighted by Gasteiger charge is -2.10. The van der Waals surface area contributed by atoms with E-state index in [1.165, 1.54) is 37.9 Å². The third-order valence-electron chi connectivity index (χ3n) is 3.28. The van der Waals surface area contributed by atoms with Gasteiger partial charge in [0.15, 0.2) is 5.78 Å². The average Bonchev–Trinajstić information content (AvgIpc) is 2.52. The van der Waals surface area contributed by atoms with Crippen LogP contribution in [0.4, 0.5) is 4.39 Å². The Morgan fingerprint density at radius 1 is 1.43 bits per heavy atom. The van der Waals surface area contributed by atoms with Crippen LogP contribution in [0.1, 0.15) is 34.1 Å². The molecule has 0 aliphatic carbocycles. The standard InChI is InChI=1S/C17H15FN2O2S/c1-10-15(11(2)21)7-12(8-19)17(20-10)23-9-13-6-14(18)4-5-16(13)22-3/h4-7H,9H2,1-3H3. The van der Waals surface area contributed by atoms with Crippen LogP contribution >= 0.6 is 11.8 Å². The van der Waals surface area contributed by atoms with Crippen LogP contribution in [0.3, 0.4) is 0 Å². The molecule has 0 aliphatic heterocycles. The average molecular weight is 330 g/mol. The third kappa shape index (κ3) is 3.88. The monoisotopic (exact) mass is 330 g/mol. The Kier molecular flexibility index (Phi) is 5.35. The fraction of sp³-hybridized carbons (Fsp3) is 0.235. The maximum Gasteiger partial charge on any atom is 0.161 e. The number of carbonyl (C=O) groups excluding carboxylic acids is 1. The van der Waals surface area contributed by atoms with Crippen LogP contribution in [0.15, 0.2) is 29.3 Å². The van der Waals surface area contributed by atoms with Crippen molar-refractivity contribution in [2.24, 2.45) is 0 Å². The summed E-state index contributed by atoms with van der Waals surface area (Å²) in [5, 5.41) is 9.77. The van der Waals surface area contributed by atoms with Crippen molar-refractivity contribution in [1.29, 1.82) is 5.26 Å². The van der Waals surface area contributed by atoms with Crippen molar-refractivity contribution in [2.45, 2.75) is 24.6 Å². The van der Waals surface area contributed by atoms with E-state index in [1.54, 1.807) is 19.1 Å². The molecule has 1 aromatic carbocycles. The number of aryl methyl sites for hydroxylation is 1. The second-order valence-corrected chi connectivity index (χ2v) is 5.85. The Labute approximate surface area is 138 Å². The number of aromatic nitrogens is 1. The molecular formula is C17H15FN2O2S. The molecule has 118 valence electrons. The highest BCUT2D eigenvalue weighted by atomic mass is 32.2. The summed E-state index contributed by atoms with van der Waals surface area (Å²) in [6.07, 6.45) is 0. The van der Waals surface area contributed by atoms with Crippen molar-refractivity contribution >= 4 is 17.5 Å². The number of pyridine rings is 1. The van der Waals surface area contributed by atoms with Crippen LogP contribution in [-0.4, -0.2) is 17.9 Å². The number of nitrogens with zero attached hydrogens (tertiary/aromatic N) is 2. The molecule has 4 nitrogen and oxygen atoms in total. The number of benzene rings is 1. The van der Waals surface area contributed by atoms with Crippen molar-refractivity contribution in [3.63, 3.8) is 0 Å². The first-order valence-corrected chi connectivity index (χ1v) is 7.82. The normalized spacial score (nSPS) is 10.2. The van der Waals surface area contributed by atoms with E-state index in [0.717, 1.165) is 0 Å². The molecule has 1 heterocycles. The van der Waals surface area contributed by atoms with E-state index >= 15 is 0 Å². The van der Waals surface area contributed by atoms with Crippen LogP contribution in [-0.2, 0) is 5.75 Å². The molecule has 2 aromatic rings. The van der Waals surface area contributed by atoms with E-state index in [4.69, 9.17) is 4.74 Å². The first-order chi connectivity index (χ1) is 11.0. The van der Waals surface area contributed by atoms with E-state index in [1.807, 2.05) is 0 Å². The Hall–Kier alpha value is -2.39. The van der Waals surface area contributed by atoms with E-state index in [9.17, 15) is 14.4 Å². The minimum absolute atomic E-state index is 0.130. The molecule has 23 heavy (non-hydrogen) atoms. The van der Waals surface area contributed by atoms with Crippen LogP contribution < -0.4 is 4.74 Å². The molecule has 0 radical (unpaired) electrons. The van der Waals surface area contributed by atoms with Gasteiger partial charge in [-0.25, -0.2) is 9.37 Å². The maximum atomic E-state index is 13.4. The number of Topliss-reactive ketones (excluding diaryl/α,β-unsaturated/α-hetero) is 1. The second-order valence-electron chi connectivity index (χ2n) is 4.89. The number of halogens is 1. The first-order valence-electron chi connectivity index (χ1n) is 6.84. The lowest BCUT2D eigenvalue weighted by atomic mass is 10.1. The number of rotatable bonds is 5. The predicted molar refractivity (Wildman–Crippen MR) is 86.2 cm³/mol. The predicted octanol–water partition coefficient (Wildman–Crippen LogP) is 3.90. The maximum absolute atomic E-state index is 13.4. The number of nitriles is 1. The Morgan fingerprint density at radius 3 is 2.78 bits per heavy atom. The highest BCUT2D eigenvalue weighted by Crippen LogP contribution is 2.30. The fourth-order valence-corrected chi connectivity index (χ4v) is 3.12. The van der Waals surface area contributed by atoms with Gasteiger partial charge < -0.3 is 4.74 Å². The van der Waals surface area contributed by atoms with Crippen molar-refractivity contribution < 1.29 is 13.9 Å². The molecule has 2 rings (SSSR count). The zero-order valence-corrected chi connectivity index (χ0v) is 13.8. The number of hydrogen-bond acceptors (Lipinski definition) is 5. The Morgan fingerprint density at radius 2 is 2.17 bits per heavy atom. The summed E-state index contributed by atoms with van der Waals surface area (Å²) in [6, 6.07) is 7.90. The van der Waals surface area contributed by atoms with Gasteiger partial charge in [-0.1, -0.05) is 0 Å². The van der Waals surface area contributed by atoms with Crippen molar-refractivity contribution in [2.75, 3.05) is 7.11 Å². The largest absolute Gasteiger partial charge is 0.496 e. The third-order valence-corrected chi connectivity index (χ3v) is 4.32. The van der Waals surface area contributed by atoms with Crippen molar-refractivity contribution in [3.8, 4) is 11.8 Å². The molecule has 0 bridgehead atoms. The molecule has 0 amide bonds. The number of ketones is 1. The van der Waals surface area contributed by atoms with Crippen LogP contribution in [0, 0.1) is 24.1 Å². The quantitative estimate of drug-likeness (QED) is 0.614. The number of methoxy groups -OCH3 is 1. The molecular weight excluding hydrogens is 315 g/mol. The number of hydrogen-bond donors (Lipinski definition) is 0. The Bertz CT molecular complexity index is 800. The van der Waals surface area contributed by atoms with Gasteiger partial charge >= 0.3 is 0 Å². The zero-order valence-electron chi connectivity index (χ0n) is 13.0.